The van der Waals surface area contributed by atoms with E-state index >= 15 is 0 Å². The minimum absolute atomic E-state index is 0.595. The van der Waals surface area contributed by atoms with E-state index in [1.54, 1.807) is 18.4 Å². The highest BCUT2D eigenvalue weighted by molar-refractivity contribution is 7.10. The van der Waals surface area contributed by atoms with Gasteiger partial charge < -0.3 is 10.1 Å². The maximum Gasteiger partial charge on any atom is 0.206 e. The van der Waals surface area contributed by atoms with Crippen molar-refractivity contribution in [1.29, 1.82) is 0 Å². The summed E-state index contributed by atoms with van der Waals surface area (Å²) in [7, 11) is 1.66. The molecule has 5 nitrogen and oxygen atoms in total. The van der Waals surface area contributed by atoms with Gasteiger partial charge in [-0.15, -0.1) is 11.3 Å². The smallest absolute Gasteiger partial charge is 0.206 e. The molecule has 0 saturated heterocycles. The first-order valence-corrected chi connectivity index (χ1v) is 6.48. The van der Waals surface area contributed by atoms with Crippen LogP contribution < -0.4 is 16.6 Å². The molecule has 0 aliphatic carbocycles. The Balaban J connectivity index is 2.49. The second-order valence-electron chi connectivity index (χ2n) is 3.45. The van der Waals surface area contributed by atoms with Crippen LogP contribution in [-0.2, 0) is 17.7 Å². The molecule has 1 aromatic rings. The number of aryl methyl sites for hydroxylation is 1. The molecule has 4 N–H and O–H groups in total. The number of hydrogen-bond acceptors (Lipinski definition) is 4. The fraction of sp³-hybridized carbons (Fsp3) is 0.545. The van der Waals surface area contributed by atoms with Crippen molar-refractivity contribution in [1.82, 2.24) is 10.7 Å². The summed E-state index contributed by atoms with van der Waals surface area (Å²) in [5.41, 5.74) is 3.90. The lowest BCUT2D eigenvalue weighted by molar-refractivity contribution is 0.203. The van der Waals surface area contributed by atoms with Crippen LogP contribution in [0.5, 0.6) is 0 Å². The van der Waals surface area contributed by atoms with Gasteiger partial charge in [0.2, 0.25) is 5.96 Å². The van der Waals surface area contributed by atoms with Crippen molar-refractivity contribution < 1.29 is 4.74 Å². The summed E-state index contributed by atoms with van der Waals surface area (Å²) >= 11 is 1.73. The second-order valence-corrected chi connectivity index (χ2v) is 4.45. The van der Waals surface area contributed by atoms with Gasteiger partial charge >= 0.3 is 0 Å². The monoisotopic (exact) mass is 256 g/mol. The van der Waals surface area contributed by atoms with Crippen molar-refractivity contribution in [2.45, 2.75) is 19.9 Å². The Morgan fingerprint density at radius 1 is 1.59 bits per heavy atom. The number of thiophene rings is 1. The first-order valence-electron chi connectivity index (χ1n) is 5.61. The molecule has 6 heteroatoms. The third-order valence-electron chi connectivity index (χ3n) is 2.33. The van der Waals surface area contributed by atoms with E-state index in [1.807, 2.05) is 0 Å². The molecule has 0 fully saturated rings. The summed E-state index contributed by atoms with van der Waals surface area (Å²) < 4.78 is 4.94. The van der Waals surface area contributed by atoms with Crippen molar-refractivity contribution in [3.05, 3.63) is 21.9 Å². The number of aliphatic imine (C=N–C) groups is 1. The molecule has 0 spiro atoms. The fourth-order valence-electron chi connectivity index (χ4n) is 1.40. The van der Waals surface area contributed by atoms with Gasteiger partial charge in [0.15, 0.2) is 0 Å². The van der Waals surface area contributed by atoms with Crippen LogP contribution in [0.2, 0.25) is 0 Å². The zero-order valence-corrected chi connectivity index (χ0v) is 11.1. The number of ether oxygens (including phenoxy) is 1. The molecule has 17 heavy (non-hydrogen) atoms. The lowest BCUT2D eigenvalue weighted by Gasteiger charge is -2.08. The van der Waals surface area contributed by atoms with Crippen LogP contribution in [0.4, 0.5) is 0 Å². The van der Waals surface area contributed by atoms with Crippen LogP contribution >= 0.6 is 11.3 Å². The first-order chi connectivity index (χ1) is 8.31. The number of nitrogens with one attached hydrogen (secondary N) is 2. The molecule has 96 valence electrons. The van der Waals surface area contributed by atoms with Gasteiger partial charge in [0, 0.05) is 18.5 Å². The number of nitrogens with two attached hydrogens (primary N) is 1. The SMILES string of the molecule is CCc1ccsc1CN=C(NN)NCCOC. The zero-order chi connectivity index (χ0) is 12.5. The summed E-state index contributed by atoms with van der Waals surface area (Å²) in [6.07, 6.45) is 1.04. The normalized spacial score (nSPS) is 11.6. The van der Waals surface area contributed by atoms with Gasteiger partial charge in [-0.1, -0.05) is 6.92 Å². The average Bonchev–Trinajstić information content (AvgIpc) is 2.81. The van der Waals surface area contributed by atoms with Crippen LogP contribution in [0.25, 0.3) is 0 Å². The van der Waals surface area contributed by atoms with Crippen LogP contribution in [-0.4, -0.2) is 26.2 Å². The molecular weight excluding hydrogens is 236 g/mol. The lowest BCUT2D eigenvalue weighted by atomic mass is 10.2. The quantitative estimate of drug-likeness (QED) is 0.232. The summed E-state index contributed by atoms with van der Waals surface area (Å²) in [5, 5.41) is 5.16. The second kappa shape index (κ2) is 8.05. The summed E-state index contributed by atoms with van der Waals surface area (Å²) in [6, 6.07) is 2.14. The molecule has 0 aliphatic rings. The minimum atomic E-state index is 0.595. The Bertz CT molecular complexity index is 351. The predicted octanol–water partition coefficient (Wildman–Crippen LogP) is 0.866. The number of rotatable bonds is 6. The molecule has 1 rings (SSSR count). The van der Waals surface area contributed by atoms with Crippen LogP contribution in [0.15, 0.2) is 16.4 Å². The zero-order valence-electron chi connectivity index (χ0n) is 10.3. The highest BCUT2D eigenvalue weighted by atomic mass is 32.1. The Morgan fingerprint density at radius 3 is 3.06 bits per heavy atom. The van der Waals surface area contributed by atoms with Crippen LogP contribution in [0, 0.1) is 0 Å². The Morgan fingerprint density at radius 2 is 2.41 bits per heavy atom. The number of methoxy groups -OCH3 is 1. The van der Waals surface area contributed by atoms with E-state index < -0.39 is 0 Å². The van der Waals surface area contributed by atoms with E-state index in [1.165, 1.54) is 10.4 Å². The third kappa shape index (κ3) is 4.72. The van der Waals surface area contributed by atoms with E-state index in [-0.39, 0.29) is 0 Å². The molecule has 0 bridgehead atoms. The topological polar surface area (TPSA) is 71.7 Å². The Kier molecular flexibility index (Phi) is 6.61. The van der Waals surface area contributed by atoms with Crippen molar-refractivity contribution in [3.8, 4) is 0 Å². The lowest BCUT2D eigenvalue weighted by Crippen LogP contribution is -2.42. The molecule has 0 saturated carbocycles. The Hall–Kier alpha value is -1.11. The molecule has 0 atom stereocenters. The molecule has 0 aliphatic heterocycles. The first kappa shape index (κ1) is 14.0. The highest BCUT2D eigenvalue weighted by Crippen LogP contribution is 2.18. The van der Waals surface area contributed by atoms with Gasteiger partial charge in [-0.25, -0.2) is 10.8 Å². The number of hydrogen-bond donors (Lipinski definition) is 3. The predicted molar refractivity (Wildman–Crippen MR) is 72.0 cm³/mol. The molecule has 1 aromatic heterocycles. The molecule has 0 unspecified atom stereocenters. The van der Waals surface area contributed by atoms with Crippen molar-refractivity contribution in [2.75, 3.05) is 20.3 Å². The van der Waals surface area contributed by atoms with Gasteiger partial charge in [0.1, 0.15) is 0 Å². The van der Waals surface area contributed by atoms with E-state index in [4.69, 9.17) is 10.6 Å². The number of guanidine groups is 1. The van der Waals surface area contributed by atoms with Crippen LogP contribution in [0.1, 0.15) is 17.4 Å². The van der Waals surface area contributed by atoms with Gasteiger partial charge in [0.05, 0.1) is 13.2 Å². The number of hydrazine groups is 1. The summed E-state index contributed by atoms with van der Waals surface area (Å²) in [6.45, 7) is 4.11. The number of nitrogens with zero attached hydrogens (tertiary/aromatic N) is 1. The van der Waals surface area contributed by atoms with Gasteiger partial charge in [-0.3, -0.25) is 5.43 Å². The van der Waals surface area contributed by atoms with Gasteiger partial charge in [0.25, 0.3) is 0 Å². The van der Waals surface area contributed by atoms with E-state index in [0.29, 0.717) is 25.7 Å². The molecular formula is C11H20N4OS. The largest absolute Gasteiger partial charge is 0.383 e. The standard InChI is InChI=1S/C11H20N4OS/c1-3-9-4-7-17-10(9)8-14-11(15-12)13-5-6-16-2/h4,7H,3,5-6,8,12H2,1-2H3,(H2,13,14,15). The molecule has 0 aromatic carbocycles. The van der Waals surface area contributed by atoms with Gasteiger partial charge in [-0.05, 0) is 23.4 Å². The molecule has 1 heterocycles. The summed E-state index contributed by atoms with van der Waals surface area (Å²) in [5.74, 6) is 5.98. The third-order valence-corrected chi connectivity index (χ3v) is 3.28. The fourth-order valence-corrected chi connectivity index (χ4v) is 2.30. The molecule has 0 amide bonds. The van der Waals surface area contributed by atoms with Crippen molar-refractivity contribution in [2.24, 2.45) is 10.8 Å². The van der Waals surface area contributed by atoms with Crippen molar-refractivity contribution in [3.63, 3.8) is 0 Å². The average molecular weight is 256 g/mol. The maximum absolute atomic E-state index is 5.38. The minimum Gasteiger partial charge on any atom is -0.383 e. The van der Waals surface area contributed by atoms with Crippen LogP contribution in [0.3, 0.4) is 0 Å². The highest BCUT2D eigenvalue weighted by Gasteiger charge is 2.02. The van der Waals surface area contributed by atoms with Gasteiger partial charge in [-0.2, -0.15) is 0 Å². The van der Waals surface area contributed by atoms with E-state index in [2.05, 4.69) is 34.1 Å². The molecule has 0 radical (unpaired) electrons. The van der Waals surface area contributed by atoms with Crippen molar-refractivity contribution >= 4 is 17.3 Å². The van der Waals surface area contributed by atoms with E-state index in [9.17, 15) is 0 Å². The Labute approximate surface area is 106 Å². The summed E-state index contributed by atoms with van der Waals surface area (Å²) in [4.78, 5) is 5.68. The maximum atomic E-state index is 5.38. The van der Waals surface area contributed by atoms with E-state index in [0.717, 1.165) is 6.42 Å².